The fourth-order valence-corrected chi connectivity index (χ4v) is 2.54. The molecule has 1 atom stereocenters. The van der Waals surface area contributed by atoms with E-state index < -0.39 is 24.1 Å². The van der Waals surface area contributed by atoms with Crippen LogP contribution in [-0.2, 0) is 4.79 Å². The lowest BCUT2D eigenvalue weighted by atomic mass is 10.0. The first-order chi connectivity index (χ1) is 13.1. The van der Waals surface area contributed by atoms with Crippen molar-refractivity contribution in [3.05, 3.63) is 59.7 Å². The first-order valence-corrected chi connectivity index (χ1v) is 8.60. The van der Waals surface area contributed by atoms with Crippen LogP contribution >= 0.6 is 0 Å². The number of hydrogen-bond donors (Lipinski definition) is 2. The third-order valence-corrected chi connectivity index (χ3v) is 3.98. The molecule has 0 aliphatic carbocycles. The van der Waals surface area contributed by atoms with Crippen molar-refractivity contribution >= 4 is 17.5 Å². The quantitative estimate of drug-likeness (QED) is 0.768. The van der Waals surface area contributed by atoms with E-state index in [9.17, 15) is 22.8 Å². The lowest BCUT2D eigenvalue weighted by Crippen LogP contribution is -2.47. The topological polar surface area (TPSA) is 67.4 Å². The van der Waals surface area contributed by atoms with E-state index in [1.54, 1.807) is 39.0 Å². The van der Waals surface area contributed by atoms with Crippen LogP contribution in [0.1, 0.15) is 29.8 Å². The average molecular weight is 394 g/mol. The average Bonchev–Trinajstić information content (AvgIpc) is 2.60. The number of alkyl halides is 3. The number of nitrogens with one attached hydrogen (secondary N) is 2. The number of carbonyl (C=O) groups is 2. The van der Waals surface area contributed by atoms with Crippen LogP contribution in [0.2, 0.25) is 0 Å². The fraction of sp³-hybridized carbons (Fsp3) is 0.300. The monoisotopic (exact) mass is 394 g/mol. The van der Waals surface area contributed by atoms with Crippen LogP contribution in [0, 0.1) is 12.8 Å². The van der Waals surface area contributed by atoms with E-state index in [1.807, 2.05) is 6.07 Å². The summed E-state index contributed by atoms with van der Waals surface area (Å²) in [5.74, 6) is -1.44. The van der Waals surface area contributed by atoms with Crippen molar-refractivity contribution in [2.24, 2.45) is 5.92 Å². The molecule has 8 heteroatoms. The SMILES string of the molecule is Cc1ccccc1C(=O)N[C@H](C(=O)Nc1ccc(OC(F)(F)F)cc1)C(C)C. The Labute approximate surface area is 160 Å². The van der Waals surface area contributed by atoms with Gasteiger partial charge >= 0.3 is 6.36 Å². The van der Waals surface area contributed by atoms with Crippen LogP contribution < -0.4 is 15.4 Å². The van der Waals surface area contributed by atoms with Crippen LogP contribution in [0.3, 0.4) is 0 Å². The highest BCUT2D eigenvalue weighted by atomic mass is 19.4. The van der Waals surface area contributed by atoms with Crippen molar-refractivity contribution in [1.82, 2.24) is 5.32 Å². The molecule has 0 heterocycles. The number of carbonyl (C=O) groups excluding carboxylic acids is 2. The van der Waals surface area contributed by atoms with Crippen LogP contribution in [-0.4, -0.2) is 24.2 Å². The highest BCUT2D eigenvalue weighted by Gasteiger charge is 2.31. The minimum Gasteiger partial charge on any atom is -0.406 e. The Bertz CT molecular complexity index is 833. The molecule has 0 aliphatic heterocycles. The Morgan fingerprint density at radius 2 is 1.61 bits per heavy atom. The summed E-state index contributed by atoms with van der Waals surface area (Å²) in [6.07, 6.45) is -4.78. The second-order valence-electron chi connectivity index (χ2n) is 6.57. The summed E-state index contributed by atoms with van der Waals surface area (Å²) in [5, 5.41) is 5.31. The zero-order valence-corrected chi connectivity index (χ0v) is 15.6. The summed E-state index contributed by atoms with van der Waals surface area (Å²) in [7, 11) is 0. The predicted molar refractivity (Wildman–Crippen MR) is 99.0 cm³/mol. The number of rotatable bonds is 6. The molecule has 0 spiro atoms. The molecule has 0 aliphatic rings. The summed E-state index contributed by atoms with van der Waals surface area (Å²) in [5.41, 5.74) is 1.54. The summed E-state index contributed by atoms with van der Waals surface area (Å²) >= 11 is 0. The van der Waals surface area contributed by atoms with E-state index in [2.05, 4.69) is 15.4 Å². The summed E-state index contributed by atoms with van der Waals surface area (Å²) in [6.45, 7) is 5.36. The molecule has 0 bridgehead atoms. The molecule has 0 unspecified atom stereocenters. The van der Waals surface area contributed by atoms with Crippen molar-refractivity contribution < 1.29 is 27.5 Å². The maximum Gasteiger partial charge on any atom is 0.573 e. The van der Waals surface area contributed by atoms with Gasteiger partial charge in [0.1, 0.15) is 11.8 Å². The molecule has 5 nitrogen and oxygen atoms in total. The van der Waals surface area contributed by atoms with Crippen molar-refractivity contribution in [3.8, 4) is 5.75 Å². The van der Waals surface area contributed by atoms with Gasteiger partial charge in [-0.3, -0.25) is 9.59 Å². The molecule has 2 amide bonds. The van der Waals surface area contributed by atoms with Gasteiger partial charge in [0.25, 0.3) is 5.91 Å². The first kappa shape index (κ1) is 21.3. The maximum atomic E-state index is 12.6. The third kappa shape index (κ3) is 6.00. The molecule has 2 aromatic rings. The Kier molecular flexibility index (Phi) is 6.66. The van der Waals surface area contributed by atoms with Gasteiger partial charge in [0.05, 0.1) is 0 Å². The Balaban J connectivity index is 2.07. The van der Waals surface area contributed by atoms with Gasteiger partial charge in [-0.15, -0.1) is 13.2 Å². The number of ether oxygens (including phenoxy) is 1. The Hall–Kier alpha value is -3.03. The van der Waals surface area contributed by atoms with Gasteiger partial charge in [-0.25, -0.2) is 0 Å². The number of hydrogen-bond acceptors (Lipinski definition) is 3. The molecule has 0 radical (unpaired) electrons. The van der Waals surface area contributed by atoms with Gasteiger partial charge in [0.15, 0.2) is 0 Å². The molecular formula is C20H21F3N2O3. The number of anilines is 1. The van der Waals surface area contributed by atoms with E-state index in [0.717, 1.165) is 17.7 Å². The largest absolute Gasteiger partial charge is 0.573 e. The molecule has 150 valence electrons. The second-order valence-corrected chi connectivity index (χ2v) is 6.57. The molecule has 0 saturated heterocycles. The van der Waals surface area contributed by atoms with Crippen molar-refractivity contribution in [2.45, 2.75) is 33.2 Å². The van der Waals surface area contributed by atoms with Gasteiger partial charge in [-0.1, -0.05) is 32.0 Å². The van der Waals surface area contributed by atoms with Gasteiger partial charge in [-0.2, -0.15) is 0 Å². The van der Waals surface area contributed by atoms with E-state index in [1.165, 1.54) is 12.1 Å². The fourth-order valence-electron chi connectivity index (χ4n) is 2.54. The predicted octanol–water partition coefficient (Wildman–Crippen LogP) is 4.29. The molecule has 28 heavy (non-hydrogen) atoms. The molecule has 2 rings (SSSR count). The molecule has 0 saturated carbocycles. The number of benzene rings is 2. The summed E-state index contributed by atoms with van der Waals surface area (Å²) in [4.78, 5) is 25.1. The van der Waals surface area contributed by atoms with Gasteiger partial charge in [0, 0.05) is 11.3 Å². The number of halogens is 3. The van der Waals surface area contributed by atoms with E-state index >= 15 is 0 Å². The third-order valence-electron chi connectivity index (χ3n) is 3.98. The lowest BCUT2D eigenvalue weighted by molar-refractivity contribution is -0.274. The minimum absolute atomic E-state index is 0.208. The maximum absolute atomic E-state index is 12.6. The normalized spacial score (nSPS) is 12.4. The zero-order chi connectivity index (χ0) is 20.9. The summed E-state index contributed by atoms with van der Waals surface area (Å²) < 4.78 is 40.4. The standard InChI is InChI=1S/C20H21F3N2O3/c1-12(2)17(25-18(26)16-7-5-4-6-13(16)3)19(27)24-14-8-10-15(11-9-14)28-20(21,22)23/h4-12,17H,1-3H3,(H,24,27)(H,25,26)/t17-/m0/s1. The molecule has 0 fully saturated rings. The van der Waals surface area contributed by atoms with Crippen LogP contribution in [0.15, 0.2) is 48.5 Å². The van der Waals surface area contributed by atoms with Crippen molar-refractivity contribution in [1.29, 1.82) is 0 Å². The molecule has 2 N–H and O–H groups in total. The first-order valence-electron chi connectivity index (χ1n) is 8.60. The molecule has 2 aromatic carbocycles. The Morgan fingerprint density at radius 3 is 2.14 bits per heavy atom. The smallest absolute Gasteiger partial charge is 0.406 e. The lowest BCUT2D eigenvalue weighted by Gasteiger charge is -2.22. The number of aryl methyl sites for hydroxylation is 1. The molecule has 0 aromatic heterocycles. The van der Waals surface area contributed by atoms with Gasteiger partial charge in [0.2, 0.25) is 5.91 Å². The van der Waals surface area contributed by atoms with E-state index in [4.69, 9.17) is 0 Å². The second kappa shape index (κ2) is 8.77. The van der Waals surface area contributed by atoms with Crippen molar-refractivity contribution in [2.75, 3.05) is 5.32 Å². The van der Waals surface area contributed by atoms with Crippen LogP contribution in [0.5, 0.6) is 5.75 Å². The molecular weight excluding hydrogens is 373 g/mol. The number of amides is 2. The highest BCUT2D eigenvalue weighted by molar-refractivity contribution is 6.01. The Morgan fingerprint density at radius 1 is 1.00 bits per heavy atom. The van der Waals surface area contributed by atoms with Crippen LogP contribution in [0.25, 0.3) is 0 Å². The van der Waals surface area contributed by atoms with Crippen molar-refractivity contribution in [3.63, 3.8) is 0 Å². The minimum atomic E-state index is -4.78. The zero-order valence-electron chi connectivity index (χ0n) is 15.6. The van der Waals surface area contributed by atoms with E-state index in [0.29, 0.717) is 5.56 Å². The van der Waals surface area contributed by atoms with Crippen LogP contribution in [0.4, 0.5) is 18.9 Å². The highest BCUT2D eigenvalue weighted by Crippen LogP contribution is 2.24. The summed E-state index contributed by atoms with van der Waals surface area (Å²) in [6, 6.07) is 11.0. The van der Waals surface area contributed by atoms with Gasteiger partial charge in [-0.05, 0) is 48.7 Å². The van der Waals surface area contributed by atoms with Gasteiger partial charge < -0.3 is 15.4 Å². The van der Waals surface area contributed by atoms with E-state index in [-0.39, 0.29) is 17.5 Å².